The van der Waals surface area contributed by atoms with Gasteiger partial charge in [0, 0.05) is 16.7 Å². The highest BCUT2D eigenvalue weighted by Gasteiger charge is 2.10. The Morgan fingerprint density at radius 2 is 1.74 bits per heavy atom. The average Bonchev–Trinajstić information content (AvgIpc) is 2.67. The van der Waals surface area contributed by atoms with Crippen molar-refractivity contribution >= 4 is 23.2 Å². The van der Waals surface area contributed by atoms with Gasteiger partial charge in [0.1, 0.15) is 17.2 Å². The molecule has 0 aliphatic rings. The van der Waals surface area contributed by atoms with Crippen molar-refractivity contribution in [1.82, 2.24) is 5.43 Å². The average molecular weight is 391 g/mol. The second kappa shape index (κ2) is 9.28. The van der Waals surface area contributed by atoms with E-state index >= 15 is 0 Å². The molecule has 0 fully saturated rings. The predicted octanol–water partition coefficient (Wildman–Crippen LogP) is 3.89. The van der Waals surface area contributed by atoms with Gasteiger partial charge in [-0.25, -0.2) is 5.43 Å². The van der Waals surface area contributed by atoms with Crippen LogP contribution < -0.4 is 19.6 Å². The lowest BCUT2D eigenvalue weighted by Gasteiger charge is -2.11. The number of hydrazone groups is 1. The van der Waals surface area contributed by atoms with Gasteiger partial charge < -0.3 is 14.2 Å². The van der Waals surface area contributed by atoms with E-state index < -0.39 is 0 Å². The molecular formula is C20H23ClN2O4. The molecule has 0 unspecified atom stereocenters. The number of nitrogens with zero attached hydrogens (tertiary/aromatic N) is 1. The minimum atomic E-state index is -0.368. The lowest BCUT2D eigenvalue weighted by molar-refractivity contribution is -0.123. The Labute approximate surface area is 164 Å². The number of nitrogens with one attached hydrogen (secondary N) is 1. The molecule has 0 spiro atoms. The quantitative estimate of drug-likeness (QED) is 0.575. The monoisotopic (exact) mass is 390 g/mol. The summed E-state index contributed by atoms with van der Waals surface area (Å²) in [6.45, 7) is 5.39. The number of aryl methyl sites for hydroxylation is 2. The van der Waals surface area contributed by atoms with Gasteiger partial charge in [0.05, 0.1) is 19.9 Å². The van der Waals surface area contributed by atoms with Gasteiger partial charge in [-0.3, -0.25) is 4.79 Å². The van der Waals surface area contributed by atoms with Crippen LogP contribution in [0.2, 0.25) is 5.02 Å². The minimum Gasteiger partial charge on any atom is -0.497 e. The third-order valence-electron chi connectivity index (χ3n) is 3.93. The Morgan fingerprint density at radius 3 is 2.33 bits per heavy atom. The molecule has 0 atom stereocenters. The number of carbonyl (C=O) groups excluding carboxylic acids is 1. The Kier molecular flexibility index (Phi) is 7.07. The topological polar surface area (TPSA) is 69.2 Å². The molecule has 0 saturated carbocycles. The van der Waals surface area contributed by atoms with Crippen LogP contribution in [0, 0.1) is 13.8 Å². The molecule has 7 heteroatoms. The number of rotatable bonds is 7. The van der Waals surface area contributed by atoms with E-state index in [1.807, 2.05) is 19.9 Å². The number of methoxy groups -OCH3 is 2. The van der Waals surface area contributed by atoms with Gasteiger partial charge in [-0.15, -0.1) is 0 Å². The smallest absolute Gasteiger partial charge is 0.277 e. The largest absolute Gasteiger partial charge is 0.497 e. The first-order chi connectivity index (χ1) is 12.8. The summed E-state index contributed by atoms with van der Waals surface area (Å²) in [6.07, 6.45) is 0. The van der Waals surface area contributed by atoms with E-state index in [0.29, 0.717) is 28.0 Å². The van der Waals surface area contributed by atoms with E-state index in [4.69, 9.17) is 25.8 Å². The van der Waals surface area contributed by atoms with Crippen molar-refractivity contribution in [1.29, 1.82) is 0 Å². The molecule has 1 amide bonds. The van der Waals surface area contributed by atoms with Gasteiger partial charge in [-0.1, -0.05) is 11.6 Å². The van der Waals surface area contributed by atoms with Crippen LogP contribution in [0.15, 0.2) is 35.4 Å². The van der Waals surface area contributed by atoms with Crippen molar-refractivity contribution in [2.45, 2.75) is 20.8 Å². The van der Waals surface area contributed by atoms with Crippen LogP contribution >= 0.6 is 11.6 Å². The number of carbonyl (C=O) groups is 1. The summed E-state index contributed by atoms with van der Waals surface area (Å²) in [7, 11) is 3.15. The van der Waals surface area contributed by atoms with Gasteiger partial charge in [0.2, 0.25) is 0 Å². The molecule has 0 aliphatic heterocycles. The fourth-order valence-electron chi connectivity index (χ4n) is 2.47. The maximum Gasteiger partial charge on any atom is 0.277 e. The Hall–Kier alpha value is -2.73. The molecule has 0 aliphatic carbocycles. The Morgan fingerprint density at radius 1 is 1.07 bits per heavy atom. The van der Waals surface area contributed by atoms with Crippen LogP contribution in [0.25, 0.3) is 0 Å². The highest BCUT2D eigenvalue weighted by molar-refractivity contribution is 6.32. The summed E-state index contributed by atoms with van der Waals surface area (Å²) in [5.41, 5.74) is 5.63. The maximum atomic E-state index is 12.0. The summed E-state index contributed by atoms with van der Waals surface area (Å²) in [6, 6.07) is 8.95. The maximum absolute atomic E-state index is 12.0. The fraction of sp³-hybridized carbons (Fsp3) is 0.300. The SMILES string of the molecule is COc1ccc(/C(C)=N/NC(=O)COc2cc(C)c(Cl)c(C)c2)c(OC)c1. The van der Waals surface area contributed by atoms with Crippen LogP contribution in [0.1, 0.15) is 23.6 Å². The fourth-order valence-corrected chi connectivity index (χ4v) is 2.58. The van der Waals surface area contributed by atoms with Crippen LogP contribution in [-0.2, 0) is 4.79 Å². The van der Waals surface area contributed by atoms with Crippen molar-refractivity contribution in [3.63, 3.8) is 0 Å². The van der Waals surface area contributed by atoms with Crippen molar-refractivity contribution in [2.24, 2.45) is 5.10 Å². The standard InChI is InChI=1S/C20H23ClN2O4/c1-12-8-16(9-13(2)20(12)21)27-11-19(24)23-22-14(3)17-7-6-15(25-4)10-18(17)26-5/h6-10H,11H2,1-5H3,(H,23,24)/b22-14+. The van der Waals surface area contributed by atoms with E-state index in [-0.39, 0.29) is 12.5 Å². The number of halogens is 1. The van der Waals surface area contributed by atoms with E-state index in [1.165, 1.54) is 0 Å². The predicted molar refractivity (Wildman–Crippen MR) is 106 cm³/mol. The molecule has 2 rings (SSSR count). The lowest BCUT2D eigenvalue weighted by atomic mass is 10.1. The van der Waals surface area contributed by atoms with Crippen LogP contribution in [0.5, 0.6) is 17.2 Å². The number of benzene rings is 2. The van der Waals surface area contributed by atoms with Gasteiger partial charge in [-0.05, 0) is 56.2 Å². The van der Waals surface area contributed by atoms with E-state index in [0.717, 1.165) is 16.7 Å². The normalized spacial score (nSPS) is 11.1. The van der Waals surface area contributed by atoms with E-state index in [2.05, 4.69) is 10.5 Å². The van der Waals surface area contributed by atoms with Gasteiger partial charge in [0.25, 0.3) is 5.91 Å². The number of hydrogen-bond donors (Lipinski definition) is 1. The summed E-state index contributed by atoms with van der Waals surface area (Å²) < 4.78 is 16.0. The first-order valence-electron chi connectivity index (χ1n) is 8.30. The zero-order valence-electron chi connectivity index (χ0n) is 16.1. The third kappa shape index (κ3) is 5.37. The van der Waals surface area contributed by atoms with Crippen molar-refractivity contribution < 1.29 is 19.0 Å². The minimum absolute atomic E-state index is 0.156. The molecule has 0 aromatic heterocycles. The molecular weight excluding hydrogens is 368 g/mol. The van der Waals surface area contributed by atoms with E-state index in [1.54, 1.807) is 45.4 Å². The highest BCUT2D eigenvalue weighted by atomic mass is 35.5. The molecule has 0 radical (unpaired) electrons. The number of amides is 1. The summed E-state index contributed by atoms with van der Waals surface area (Å²) in [5.74, 6) is 1.50. The summed E-state index contributed by atoms with van der Waals surface area (Å²) in [4.78, 5) is 12.0. The second-order valence-corrected chi connectivity index (χ2v) is 6.34. The number of ether oxygens (including phenoxy) is 3. The first kappa shape index (κ1) is 20.6. The third-order valence-corrected chi connectivity index (χ3v) is 4.52. The molecule has 1 N–H and O–H groups in total. The van der Waals surface area contributed by atoms with Crippen LogP contribution in [0.3, 0.4) is 0 Å². The summed E-state index contributed by atoms with van der Waals surface area (Å²) in [5, 5.41) is 4.81. The zero-order chi connectivity index (χ0) is 20.0. The molecule has 0 saturated heterocycles. The van der Waals surface area contributed by atoms with Crippen molar-refractivity contribution in [3.05, 3.63) is 52.0 Å². The first-order valence-corrected chi connectivity index (χ1v) is 8.68. The van der Waals surface area contributed by atoms with Crippen LogP contribution in [-0.4, -0.2) is 32.4 Å². The van der Waals surface area contributed by atoms with Gasteiger partial charge in [0.15, 0.2) is 6.61 Å². The zero-order valence-corrected chi connectivity index (χ0v) is 16.8. The molecule has 6 nitrogen and oxygen atoms in total. The molecule has 27 heavy (non-hydrogen) atoms. The van der Waals surface area contributed by atoms with Gasteiger partial charge in [-0.2, -0.15) is 5.10 Å². The molecule has 2 aromatic rings. The molecule has 0 bridgehead atoms. The second-order valence-electron chi connectivity index (χ2n) is 5.96. The lowest BCUT2D eigenvalue weighted by Crippen LogP contribution is -2.25. The van der Waals surface area contributed by atoms with Crippen molar-refractivity contribution in [2.75, 3.05) is 20.8 Å². The molecule has 144 valence electrons. The Balaban J connectivity index is 2.00. The molecule has 2 aromatic carbocycles. The van der Waals surface area contributed by atoms with Gasteiger partial charge >= 0.3 is 0 Å². The summed E-state index contributed by atoms with van der Waals surface area (Å²) >= 11 is 6.13. The highest BCUT2D eigenvalue weighted by Crippen LogP contribution is 2.26. The van der Waals surface area contributed by atoms with Crippen molar-refractivity contribution in [3.8, 4) is 17.2 Å². The number of hydrogen-bond acceptors (Lipinski definition) is 5. The van der Waals surface area contributed by atoms with Crippen LogP contribution in [0.4, 0.5) is 0 Å². The van der Waals surface area contributed by atoms with E-state index in [9.17, 15) is 4.79 Å². The Bertz CT molecular complexity index is 842. The molecule has 0 heterocycles.